The Morgan fingerprint density at radius 2 is 2.21 bits per heavy atom. The third-order valence-corrected chi connectivity index (χ3v) is 5.59. The molecule has 0 radical (unpaired) electrons. The van der Waals surface area contributed by atoms with Gasteiger partial charge in [0.15, 0.2) is 0 Å². The topological polar surface area (TPSA) is 29.5 Å². The van der Waals surface area contributed by atoms with Crippen LogP contribution in [0.3, 0.4) is 0 Å². The Kier molecular flexibility index (Phi) is 3.55. The van der Waals surface area contributed by atoms with Crippen LogP contribution in [0.4, 0.5) is 4.39 Å². The Labute approximate surface area is 126 Å². The Balaban J connectivity index is 1.94. The second-order valence-electron chi connectivity index (χ2n) is 4.31. The van der Waals surface area contributed by atoms with Gasteiger partial charge in [0.05, 0.1) is 6.10 Å². The molecule has 3 rings (SSSR count). The Morgan fingerprint density at radius 3 is 2.89 bits per heavy atom. The highest BCUT2D eigenvalue weighted by molar-refractivity contribution is 9.10. The molecule has 0 saturated heterocycles. The number of rotatable bonds is 1. The SMILES string of the molecule is O[C@H]1CC(c2cc(Br)c(Cl)s2)Oc2ccc(F)cc21. The van der Waals surface area contributed by atoms with Gasteiger partial charge in [-0.25, -0.2) is 4.39 Å². The fraction of sp³-hybridized carbons (Fsp3) is 0.231. The van der Waals surface area contributed by atoms with Crippen molar-refractivity contribution in [1.82, 2.24) is 0 Å². The Morgan fingerprint density at radius 1 is 1.42 bits per heavy atom. The summed E-state index contributed by atoms with van der Waals surface area (Å²) in [6, 6.07) is 6.07. The van der Waals surface area contributed by atoms with Gasteiger partial charge in [0.1, 0.15) is 22.0 Å². The third kappa shape index (κ3) is 2.52. The zero-order chi connectivity index (χ0) is 13.6. The molecule has 0 amide bonds. The smallest absolute Gasteiger partial charge is 0.136 e. The van der Waals surface area contributed by atoms with Crippen LogP contribution in [0.15, 0.2) is 28.7 Å². The maximum atomic E-state index is 13.2. The Bertz CT molecular complexity index is 612. The average Bonchev–Trinajstić information content (AvgIpc) is 2.70. The van der Waals surface area contributed by atoms with Crippen molar-refractivity contribution in [2.75, 3.05) is 0 Å². The van der Waals surface area contributed by atoms with Crippen LogP contribution in [0.2, 0.25) is 4.34 Å². The predicted molar refractivity (Wildman–Crippen MR) is 76.4 cm³/mol. The molecule has 0 fully saturated rings. The number of aliphatic hydroxyl groups is 1. The maximum absolute atomic E-state index is 13.2. The van der Waals surface area contributed by atoms with Gasteiger partial charge >= 0.3 is 0 Å². The lowest BCUT2D eigenvalue weighted by Crippen LogP contribution is -2.18. The van der Waals surface area contributed by atoms with E-state index in [-0.39, 0.29) is 11.9 Å². The van der Waals surface area contributed by atoms with Crippen molar-refractivity contribution in [3.05, 3.63) is 49.3 Å². The van der Waals surface area contributed by atoms with Crippen LogP contribution in [0.25, 0.3) is 0 Å². The van der Waals surface area contributed by atoms with E-state index in [4.69, 9.17) is 16.3 Å². The van der Waals surface area contributed by atoms with E-state index in [1.54, 1.807) is 6.07 Å². The number of halogens is 3. The van der Waals surface area contributed by atoms with Crippen LogP contribution >= 0.6 is 38.9 Å². The maximum Gasteiger partial charge on any atom is 0.136 e. The van der Waals surface area contributed by atoms with E-state index in [0.717, 1.165) is 9.35 Å². The summed E-state index contributed by atoms with van der Waals surface area (Å²) in [7, 11) is 0. The average molecular weight is 364 g/mol. The van der Waals surface area contributed by atoms with Crippen molar-refractivity contribution in [2.24, 2.45) is 0 Å². The van der Waals surface area contributed by atoms with E-state index in [1.807, 2.05) is 6.07 Å². The minimum atomic E-state index is -0.732. The summed E-state index contributed by atoms with van der Waals surface area (Å²) in [6.07, 6.45) is -0.606. The molecule has 1 aliphatic rings. The second-order valence-corrected chi connectivity index (χ2v) is 6.85. The molecular weight excluding hydrogens is 355 g/mol. The highest BCUT2D eigenvalue weighted by atomic mass is 79.9. The van der Waals surface area contributed by atoms with Crippen LogP contribution in [0, 0.1) is 5.82 Å². The number of hydrogen-bond acceptors (Lipinski definition) is 3. The first-order valence-corrected chi connectivity index (χ1v) is 7.62. The lowest BCUT2D eigenvalue weighted by molar-refractivity contribution is 0.0670. The molecule has 19 heavy (non-hydrogen) atoms. The number of aliphatic hydroxyl groups excluding tert-OH is 1. The zero-order valence-corrected chi connectivity index (χ0v) is 12.7. The summed E-state index contributed by atoms with van der Waals surface area (Å²) in [6.45, 7) is 0. The van der Waals surface area contributed by atoms with Crippen molar-refractivity contribution in [2.45, 2.75) is 18.6 Å². The first kappa shape index (κ1) is 13.4. The van der Waals surface area contributed by atoms with Crippen molar-refractivity contribution >= 4 is 38.9 Å². The molecule has 2 nitrogen and oxygen atoms in total. The second kappa shape index (κ2) is 5.05. The molecule has 100 valence electrons. The first-order valence-electron chi connectivity index (χ1n) is 5.63. The summed E-state index contributed by atoms with van der Waals surface area (Å²) in [4.78, 5) is 0.936. The molecule has 1 aliphatic heterocycles. The molecule has 0 aliphatic carbocycles. The van der Waals surface area contributed by atoms with Crippen LogP contribution < -0.4 is 4.74 Å². The van der Waals surface area contributed by atoms with Gasteiger partial charge in [0.2, 0.25) is 0 Å². The predicted octanol–water partition coefficient (Wildman–Crippen LogP) is 4.86. The molecule has 0 spiro atoms. The molecule has 0 saturated carbocycles. The van der Waals surface area contributed by atoms with Crippen molar-refractivity contribution < 1.29 is 14.2 Å². The lowest BCUT2D eigenvalue weighted by atomic mass is 9.98. The van der Waals surface area contributed by atoms with Gasteiger partial charge in [-0.05, 0) is 40.2 Å². The molecule has 1 N–H and O–H groups in total. The van der Waals surface area contributed by atoms with E-state index in [2.05, 4.69) is 15.9 Å². The molecule has 1 aromatic carbocycles. The fourth-order valence-corrected chi connectivity index (χ4v) is 3.89. The molecule has 0 bridgehead atoms. The quantitative estimate of drug-likeness (QED) is 0.784. The number of benzene rings is 1. The molecule has 6 heteroatoms. The van der Waals surface area contributed by atoms with Gasteiger partial charge < -0.3 is 9.84 Å². The molecular formula is C13H9BrClFO2S. The van der Waals surface area contributed by atoms with Crippen molar-refractivity contribution in [1.29, 1.82) is 0 Å². The van der Waals surface area contributed by atoms with Crippen LogP contribution in [-0.4, -0.2) is 5.11 Å². The standard InChI is InChI=1S/C13H9BrClFO2S/c14-8-4-12(19-13(8)15)11-5-9(17)7-3-6(16)1-2-10(7)18-11/h1-4,9,11,17H,5H2/t9-,11?/m0/s1. The van der Waals surface area contributed by atoms with Gasteiger partial charge in [0.25, 0.3) is 0 Å². The van der Waals surface area contributed by atoms with Crippen LogP contribution in [0.1, 0.15) is 29.1 Å². The highest BCUT2D eigenvalue weighted by Crippen LogP contribution is 2.44. The molecule has 1 unspecified atom stereocenters. The largest absolute Gasteiger partial charge is 0.484 e. The summed E-state index contributed by atoms with van der Waals surface area (Å²) in [5, 5.41) is 10.1. The fourth-order valence-electron chi connectivity index (χ4n) is 2.11. The van der Waals surface area contributed by atoms with Crippen LogP contribution in [0.5, 0.6) is 5.75 Å². The summed E-state index contributed by atoms with van der Waals surface area (Å²) in [5.41, 5.74) is 0.498. The molecule has 2 aromatic rings. The lowest BCUT2D eigenvalue weighted by Gasteiger charge is -2.29. The summed E-state index contributed by atoms with van der Waals surface area (Å²) >= 11 is 10.8. The highest BCUT2D eigenvalue weighted by Gasteiger charge is 2.29. The van der Waals surface area contributed by atoms with Gasteiger partial charge in [0, 0.05) is 21.3 Å². The van der Waals surface area contributed by atoms with E-state index in [9.17, 15) is 9.50 Å². The van der Waals surface area contributed by atoms with Gasteiger partial charge in [-0.2, -0.15) is 0 Å². The summed E-state index contributed by atoms with van der Waals surface area (Å²) < 4.78 is 20.4. The van der Waals surface area contributed by atoms with Crippen molar-refractivity contribution in [3.8, 4) is 5.75 Å². The summed E-state index contributed by atoms with van der Waals surface area (Å²) in [5.74, 6) is 0.146. The Hall–Kier alpha value is -0.620. The molecule has 1 aromatic heterocycles. The third-order valence-electron chi connectivity index (χ3n) is 3.02. The first-order chi connectivity index (χ1) is 9.04. The van der Waals surface area contributed by atoms with Crippen molar-refractivity contribution in [3.63, 3.8) is 0 Å². The normalized spacial score (nSPS) is 21.9. The van der Waals surface area contributed by atoms with Gasteiger partial charge in [-0.15, -0.1) is 11.3 Å². The van der Waals surface area contributed by atoms with E-state index in [1.165, 1.54) is 23.5 Å². The van der Waals surface area contributed by atoms with Gasteiger partial charge in [-0.1, -0.05) is 11.6 Å². The minimum absolute atomic E-state index is 0.262. The van der Waals surface area contributed by atoms with E-state index < -0.39 is 6.10 Å². The van der Waals surface area contributed by atoms with E-state index >= 15 is 0 Å². The number of thiophene rings is 1. The zero-order valence-electron chi connectivity index (χ0n) is 9.57. The number of ether oxygens (including phenoxy) is 1. The van der Waals surface area contributed by atoms with Crippen LogP contribution in [-0.2, 0) is 0 Å². The number of hydrogen-bond donors (Lipinski definition) is 1. The monoisotopic (exact) mass is 362 g/mol. The molecule has 2 atom stereocenters. The molecule has 2 heterocycles. The van der Waals surface area contributed by atoms with Gasteiger partial charge in [-0.3, -0.25) is 0 Å². The minimum Gasteiger partial charge on any atom is -0.484 e. The van der Waals surface area contributed by atoms with E-state index in [0.29, 0.717) is 22.1 Å². The number of fused-ring (bicyclic) bond motifs is 1.